The predicted molar refractivity (Wildman–Crippen MR) is 53.1 cm³/mol. The van der Waals surface area contributed by atoms with E-state index in [0.29, 0.717) is 17.0 Å². The van der Waals surface area contributed by atoms with E-state index >= 15 is 0 Å². The van der Waals surface area contributed by atoms with Crippen molar-refractivity contribution < 1.29 is 5.11 Å². The minimum Gasteiger partial charge on any atom is -0.386 e. The molecule has 2 aromatic heterocycles. The van der Waals surface area contributed by atoms with Crippen LogP contribution in [0.4, 0.5) is 5.82 Å². The molecule has 2 aromatic rings. The van der Waals surface area contributed by atoms with Crippen molar-refractivity contribution in [1.29, 1.82) is 0 Å². The molecule has 0 saturated carbocycles. The molecule has 14 heavy (non-hydrogen) atoms. The second kappa shape index (κ2) is 3.43. The Hall–Kier alpha value is -1.33. The number of nitrogens with two attached hydrogens (primary N) is 1. The minimum absolute atomic E-state index is 0.121. The number of hydrogen-bond donors (Lipinski definition) is 2. The highest BCUT2D eigenvalue weighted by Crippen LogP contribution is 2.19. The number of rotatable bonds is 2. The number of aliphatic hydroxyl groups is 1. The largest absolute Gasteiger partial charge is 0.386 e. The van der Waals surface area contributed by atoms with E-state index in [0.717, 1.165) is 0 Å². The number of hydrogen-bond acceptors (Lipinski definition) is 4. The molecule has 74 valence electrons. The van der Waals surface area contributed by atoms with E-state index in [1.54, 1.807) is 12.1 Å². The Morgan fingerprint density at radius 1 is 1.57 bits per heavy atom. The normalized spacial score (nSPS) is 13.3. The highest BCUT2D eigenvalue weighted by atomic mass is 35.5. The standard InChI is InChI=1S/C8H9ClN4O/c9-3-7(14)5-1-2-6-8(10)11-4-12-13(5)6/h1-2,4,7,14H,3H2,(H2,10,11,12). The molecular formula is C8H9ClN4O. The maximum Gasteiger partial charge on any atom is 0.151 e. The summed E-state index contributed by atoms with van der Waals surface area (Å²) in [4.78, 5) is 3.84. The van der Waals surface area contributed by atoms with Gasteiger partial charge in [0.05, 0.1) is 11.6 Å². The lowest BCUT2D eigenvalue weighted by Gasteiger charge is -2.06. The molecule has 1 atom stereocenters. The molecule has 5 nitrogen and oxygen atoms in total. The van der Waals surface area contributed by atoms with Crippen LogP contribution in [0.15, 0.2) is 18.5 Å². The molecule has 3 N–H and O–H groups in total. The summed E-state index contributed by atoms with van der Waals surface area (Å²) in [5, 5.41) is 13.5. The van der Waals surface area contributed by atoms with E-state index in [-0.39, 0.29) is 5.88 Å². The smallest absolute Gasteiger partial charge is 0.151 e. The van der Waals surface area contributed by atoms with Gasteiger partial charge in [0.2, 0.25) is 0 Å². The molecule has 0 fully saturated rings. The summed E-state index contributed by atoms with van der Waals surface area (Å²) in [6.45, 7) is 0. The summed E-state index contributed by atoms with van der Waals surface area (Å²) in [7, 11) is 0. The van der Waals surface area contributed by atoms with Gasteiger partial charge in [0.15, 0.2) is 5.82 Å². The number of nitrogens with zero attached hydrogens (tertiary/aromatic N) is 3. The first kappa shape index (κ1) is 9.23. The quantitative estimate of drug-likeness (QED) is 0.715. The number of fused-ring (bicyclic) bond motifs is 1. The average molecular weight is 213 g/mol. The molecule has 0 aliphatic heterocycles. The summed E-state index contributed by atoms with van der Waals surface area (Å²) in [6.07, 6.45) is 0.598. The average Bonchev–Trinajstić information content (AvgIpc) is 2.62. The number of halogens is 1. The van der Waals surface area contributed by atoms with E-state index in [1.165, 1.54) is 10.8 Å². The van der Waals surface area contributed by atoms with Gasteiger partial charge < -0.3 is 10.8 Å². The van der Waals surface area contributed by atoms with Crippen molar-refractivity contribution in [3.8, 4) is 0 Å². The van der Waals surface area contributed by atoms with Crippen molar-refractivity contribution in [3.63, 3.8) is 0 Å². The van der Waals surface area contributed by atoms with E-state index < -0.39 is 6.10 Å². The van der Waals surface area contributed by atoms with E-state index in [1.807, 2.05) is 0 Å². The Balaban J connectivity index is 2.63. The van der Waals surface area contributed by atoms with Gasteiger partial charge >= 0.3 is 0 Å². The van der Waals surface area contributed by atoms with Crippen LogP contribution in [0.1, 0.15) is 11.8 Å². The molecule has 0 aliphatic rings. The van der Waals surface area contributed by atoms with Gasteiger partial charge in [-0.15, -0.1) is 11.6 Å². The lowest BCUT2D eigenvalue weighted by molar-refractivity contribution is 0.195. The first-order chi connectivity index (χ1) is 6.74. The Labute approximate surface area is 85.1 Å². The molecule has 0 radical (unpaired) electrons. The van der Waals surface area contributed by atoms with Crippen LogP contribution in [0.5, 0.6) is 0 Å². The van der Waals surface area contributed by atoms with Gasteiger partial charge in [0.25, 0.3) is 0 Å². The second-order valence-corrected chi connectivity index (χ2v) is 3.18. The fraction of sp³-hybridized carbons (Fsp3) is 0.250. The van der Waals surface area contributed by atoms with E-state index in [2.05, 4.69) is 10.1 Å². The Kier molecular flexibility index (Phi) is 2.26. The summed E-state index contributed by atoms with van der Waals surface area (Å²) < 4.78 is 1.54. The van der Waals surface area contributed by atoms with Crippen molar-refractivity contribution in [3.05, 3.63) is 24.2 Å². The van der Waals surface area contributed by atoms with E-state index in [4.69, 9.17) is 17.3 Å². The van der Waals surface area contributed by atoms with Crippen LogP contribution in [-0.4, -0.2) is 25.6 Å². The Bertz CT molecular complexity index is 456. The van der Waals surface area contributed by atoms with Gasteiger partial charge in [0.1, 0.15) is 17.9 Å². The number of aliphatic hydroxyl groups excluding tert-OH is 1. The third-order valence-corrected chi connectivity index (χ3v) is 2.29. The SMILES string of the molecule is Nc1ncnn2c(C(O)CCl)ccc12. The van der Waals surface area contributed by atoms with Crippen molar-refractivity contribution in [1.82, 2.24) is 14.6 Å². The highest BCUT2D eigenvalue weighted by molar-refractivity contribution is 6.18. The monoisotopic (exact) mass is 212 g/mol. The zero-order valence-electron chi connectivity index (χ0n) is 7.26. The number of aromatic nitrogens is 3. The third-order valence-electron chi connectivity index (χ3n) is 2.00. The first-order valence-corrected chi connectivity index (χ1v) is 4.59. The lowest BCUT2D eigenvalue weighted by Crippen LogP contribution is -2.06. The van der Waals surface area contributed by atoms with Gasteiger partial charge in [-0.3, -0.25) is 0 Å². The molecule has 0 bridgehead atoms. The van der Waals surface area contributed by atoms with Crippen LogP contribution in [0.25, 0.3) is 5.52 Å². The predicted octanol–water partition coefficient (Wildman–Crippen LogP) is 0.584. The van der Waals surface area contributed by atoms with Gasteiger partial charge in [-0.25, -0.2) is 9.50 Å². The summed E-state index contributed by atoms with van der Waals surface area (Å²) in [6, 6.07) is 3.48. The number of anilines is 1. The van der Waals surface area contributed by atoms with Crippen molar-refractivity contribution in [2.45, 2.75) is 6.10 Å². The highest BCUT2D eigenvalue weighted by Gasteiger charge is 2.12. The van der Waals surface area contributed by atoms with Gasteiger partial charge in [-0.1, -0.05) is 0 Å². The maximum absolute atomic E-state index is 9.55. The summed E-state index contributed by atoms with van der Waals surface area (Å²) in [5.74, 6) is 0.503. The molecule has 2 heterocycles. The number of nitrogen functional groups attached to an aromatic ring is 1. The summed E-state index contributed by atoms with van der Waals surface area (Å²) >= 11 is 5.55. The molecule has 0 aromatic carbocycles. The van der Waals surface area contributed by atoms with Crippen molar-refractivity contribution in [2.75, 3.05) is 11.6 Å². The van der Waals surface area contributed by atoms with E-state index in [9.17, 15) is 5.11 Å². The summed E-state index contributed by atoms with van der Waals surface area (Å²) in [5.41, 5.74) is 6.91. The zero-order chi connectivity index (χ0) is 10.1. The molecular weight excluding hydrogens is 204 g/mol. The fourth-order valence-electron chi connectivity index (χ4n) is 1.30. The Morgan fingerprint density at radius 2 is 2.36 bits per heavy atom. The van der Waals surface area contributed by atoms with Crippen LogP contribution < -0.4 is 5.73 Å². The topological polar surface area (TPSA) is 76.4 Å². The van der Waals surface area contributed by atoms with Crippen LogP contribution in [0.2, 0.25) is 0 Å². The fourth-order valence-corrected chi connectivity index (χ4v) is 1.46. The van der Waals surface area contributed by atoms with Crippen LogP contribution in [0, 0.1) is 0 Å². The zero-order valence-corrected chi connectivity index (χ0v) is 8.02. The molecule has 0 aliphatic carbocycles. The first-order valence-electron chi connectivity index (χ1n) is 4.06. The number of alkyl halides is 1. The molecule has 0 amide bonds. The van der Waals surface area contributed by atoms with Crippen LogP contribution in [-0.2, 0) is 0 Å². The van der Waals surface area contributed by atoms with Crippen molar-refractivity contribution >= 4 is 22.9 Å². The van der Waals surface area contributed by atoms with Gasteiger partial charge in [-0.2, -0.15) is 5.10 Å². The van der Waals surface area contributed by atoms with Gasteiger partial charge in [-0.05, 0) is 12.1 Å². The molecule has 1 unspecified atom stereocenters. The Morgan fingerprint density at radius 3 is 3.07 bits per heavy atom. The lowest BCUT2D eigenvalue weighted by atomic mass is 10.3. The second-order valence-electron chi connectivity index (χ2n) is 2.87. The minimum atomic E-state index is -0.742. The van der Waals surface area contributed by atoms with Crippen molar-refractivity contribution in [2.24, 2.45) is 0 Å². The van der Waals surface area contributed by atoms with Gasteiger partial charge in [0, 0.05) is 0 Å². The molecule has 6 heteroatoms. The third kappa shape index (κ3) is 1.30. The molecule has 0 saturated heterocycles. The maximum atomic E-state index is 9.55. The van der Waals surface area contributed by atoms with Crippen LogP contribution >= 0.6 is 11.6 Å². The van der Waals surface area contributed by atoms with Crippen LogP contribution in [0.3, 0.4) is 0 Å². The molecule has 2 rings (SSSR count). The molecule has 0 spiro atoms.